The van der Waals surface area contributed by atoms with Crippen LogP contribution in [0.1, 0.15) is 27.2 Å². The van der Waals surface area contributed by atoms with Crippen LogP contribution in [0.3, 0.4) is 0 Å². The number of hydrogen-bond acceptors (Lipinski definition) is 5. The van der Waals surface area contributed by atoms with E-state index in [4.69, 9.17) is 16.3 Å². The Morgan fingerprint density at radius 3 is 2.70 bits per heavy atom. The predicted molar refractivity (Wildman–Crippen MR) is 102 cm³/mol. The maximum atomic E-state index is 12.4. The van der Waals surface area contributed by atoms with E-state index in [1.54, 1.807) is 45.0 Å². The van der Waals surface area contributed by atoms with Crippen LogP contribution in [0, 0.1) is 0 Å². The molecule has 146 valence electrons. The lowest BCUT2D eigenvalue weighted by atomic mass is 9.96. The number of carbonyl (C=O) groups excluding carboxylic acids is 2. The number of hydrogen-bond donors (Lipinski definition) is 2. The summed E-state index contributed by atoms with van der Waals surface area (Å²) in [5.74, 6) is -1.24. The zero-order valence-electron chi connectivity index (χ0n) is 15.1. The maximum Gasteiger partial charge on any atom is 0.327 e. The number of carbonyl (C=O) groups is 3. The van der Waals surface area contributed by atoms with Crippen LogP contribution in [0.2, 0.25) is 5.02 Å². The summed E-state index contributed by atoms with van der Waals surface area (Å²) in [5, 5.41) is 12.2. The Labute approximate surface area is 166 Å². The molecule has 2 aliphatic rings. The number of ether oxygens (including phenoxy) is 1. The average molecular weight is 413 g/mol. The second kappa shape index (κ2) is 7.24. The molecule has 2 saturated heterocycles. The van der Waals surface area contributed by atoms with E-state index in [0.29, 0.717) is 10.8 Å². The molecule has 2 fully saturated rings. The zero-order chi connectivity index (χ0) is 19.9. The summed E-state index contributed by atoms with van der Waals surface area (Å²) < 4.78 is 5.05. The van der Waals surface area contributed by atoms with E-state index >= 15 is 0 Å². The lowest BCUT2D eigenvalue weighted by molar-refractivity contribution is -0.161. The van der Waals surface area contributed by atoms with Crippen molar-refractivity contribution < 1.29 is 24.2 Å². The molecule has 9 heteroatoms. The number of carboxylic acids is 1. The van der Waals surface area contributed by atoms with Gasteiger partial charge in [-0.15, -0.1) is 11.8 Å². The molecule has 0 aliphatic carbocycles. The highest BCUT2D eigenvalue weighted by molar-refractivity contribution is 8.01. The molecule has 0 bridgehead atoms. The second-order valence-corrected chi connectivity index (χ2v) is 9.38. The molecule has 2 amide bonds. The number of β-lactam (4-membered cyclic amide) rings is 1. The highest BCUT2D eigenvalue weighted by Gasteiger charge is 2.64. The molecule has 2 aliphatic heterocycles. The smallest absolute Gasteiger partial charge is 0.327 e. The van der Waals surface area contributed by atoms with E-state index < -0.39 is 28.9 Å². The molecule has 0 radical (unpaired) electrons. The summed E-state index contributed by atoms with van der Waals surface area (Å²) in [4.78, 5) is 37.6. The van der Waals surface area contributed by atoms with Crippen molar-refractivity contribution in [1.29, 1.82) is 0 Å². The van der Waals surface area contributed by atoms with Crippen LogP contribution in [-0.4, -0.2) is 56.1 Å². The van der Waals surface area contributed by atoms with Gasteiger partial charge in [-0.3, -0.25) is 9.59 Å². The molecule has 27 heavy (non-hydrogen) atoms. The molecule has 0 aromatic heterocycles. The quantitative estimate of drug-likeness (QED) is 0.695. The average Bonchev–Trinajstić information content (AvgIpc) is 2.83. The molecule has 1 aromatic carbocycles. The third kappa shape index (κ3) is 3.73. The minimum absolute atomic E-state index is 0.0537. The van der Waals surface area contributed by atoms with E-state index in [1.807, 2.05) is 0 Å². The van der Waals surface area contributed by atoms with Crippen molar-refractivity contribution in [2.45, 2.75) is 55.5 Å². The number of amides is 2. The van der Waals surface area contributed by atoms with Crippen LogP contribution in [0.15, 0.2) is 24.3 Å². The van der Waals surface area contributed by atoms with Gasteiger partial charge in [-0.1, -0.05) is 23.7 Å². The number of nitrogens with one attached hydrogen (secondary N) is 1. The van der Waals surface area contributed by atoms with Gasteiger partial charge in [0.05, 0.1) is 11.4 Å². The van der Waals surface area contributed by atoms with Crippen LogP contribution < -0.4 is 10.1 Å². The molecule has 1 unspecified atom stereocenters. The van der Waals surface area contributed by atoms with Crippen molar-refractivity contribution >= 4 is 41.1 Å². The number of rotatable bonds is 6. The molecule has 7 nitrogen and oxygen atoms in total. The fourth-order valence-electron chi connectivity index (χ4n) is 3.44. The molecular weight excluding hydrogens is 392 g/mol. The standard InChI is InChI=1S/C18H21ClN2O5S/c1-9(26-11-7-5-4-6-10(11)19)8-12(22)20-13-15(23)21-14(17(24)25)18(2,3)27-16(13)21/h4-7,9,13-14,16H,8H2,1-3H3,(H,20,22)(H,24,25)/t9?,13-,14+,16-/m1/s1. The monoisotopic (exact) mass is 412 g/mol. The van der Waals surface area contributed by atoms with Crippen LogP contribution in [-0.2, 0) is 14.4 Å². The fourth-order valence-corrected chi connectivity index (χ4v) is 5.24. The number of benzene rings is 1. The molecule has 1 aromatic rings. The largest absolute Gasteiger partial charge is 0.489 e. The summed E-state index contributed by atoms with van der Waals surface area (Å²) in [5.41, 5.74) is 0. The van der Waals surface area contributed by atoms with Gasteiger partial charge in [-0.2, -0.15) is 0 Å². The number of nitrogens with zero attached hydrogens (tertiary/aromatic N) is 1. The van der Waals surface area contributed by atoms with Gasteiger partial charge in [-0.05, 0) is 32.9 Å². The van der Waals surface area contributed by atoms with Crippen molar-refractivity contribution in [3.8, 4) is 5.75 Å². The third-order valence-electron chi connectivity index (χ3n) is 4.63. The summed E-state index contributed by atoms with van der Waals surface area (Å²) in [6, 6.07) is 5.38. The normalized spacial score (nSPS) is 26.7. The highest BCUT2D eigenvalue weighted by atomic mass is 35.5. The van der Waals surface area contributed by atoms with Gasteiger partial charge in [0.25, 0.3) is 0 Å². The highest BCUT2D eigenvalue weighted by Crippen LogP contribution is 2.50. The third-order valence-corrected chi connectivity index (χ3v) is 6.51. The molecule has 2 N–H and O–H groups in total. The first-order valence-electron chi connectivity index (χ1n) is 8.55. The van der Waals surface area contributed by atoms with Gasteiger partial charge >= 0.3 is 5.97 Å². The van der Waals surface area contributed by atoms with Crippen molar-refractivity contribution in [1.82, 2.24) is 10.2 Å². The van der Waals surface area contributed by atoms with Crippen molar-refractivity contribution in [2.75, 3.05) is 0 Å². The van der Waals surface area contributed by atoms with Gasteiger partial charge in [0.15, 0.2) is 0 Å². The number of carboxylic acid groups (broad SMARTS) is 1. The van der Waals surface area contributed by atoms with E-state index in [9.17, 15) is 19.5 Å². The Kier molecular flexibility index (Phi) is 5.31. The molecule has 0 spiro atoms. The summed E-state index contributed by atoms with van der Waals surface area (Å²) in [6.45, 7) is 5.33. The summed E-state index contributed by atoms with van der Waals surface area (Å²) in [6.07, 6.45) is -0.381. The van der Waals surface area contributed by atoms with Gasteiger partial charge in [-0.25, -0.2) is 4.79 Å². The Morgan fingerprint density at radius 1 is 1.41 bits per heavy atom. The SMILES string of the molecule is CC(CC(=O)N[C@@H]1C(=O)N2[C@@H]1SC(C)(C)[C@@H]2C(=O)O)Oc1ccccc1Cl. The molecule has 3 rings (SSSR count). The van der Waals surface area contributed by atoms with Gasteiger partial charge < -0.3 is 20.1 Å². The first-order valence-corrected chi connectivity index (χ1v) is 9.81. The first kappa shape index (κ1) is 19.8. The molecule has 4 atom stereocenters. The lowest BCUT2D eigenvalue weighted by Crippen LogP contribution is -2.70. The number of thioether (sulfide) groups is 1. The van der Waals surface area contributed by atoms with E-state index in [0.717, 1.165) is 0 Å². The van der Waals surface area contributed by atoms with Gasteiger partial charge in [0, 0.05) is 4.75 Å². The van der Waals surface area contributed by atoms with Crippen LogP contribution in [0.5, 0.6) is 5.75 Å². The van der Waals surface area contributed by atoms with Crippen molar-refractivity contribution in [3.63, 3.8) is 0 Å². The van der Waals surface area contributed by atoms with E-state index in [1.165, 1.54) is 16.7 Å². The molecule has 2 heterocycles. The number of para-hydroxylation sites is 1. The van der Waals surface area contributed by atoms with Crippen molar-refractivity contribution in [2.24, 2.45) is 0 Å². The van der Waals surface area contributed by atoms with Gasteiger partial charge in [0.2, 0.25) is 11.8 Å². The molecular formula is C18H21ClN2O5S. The Bertz CT molecular complexity index is 787. The number of aliphatic carboxylic acids is 1. The van der Waals surface area contributed by atoms with Crippen LogP contribution in [0.4, 0.5) is 0 Å². The Morgan fingerprint density at radius 2 is 2.07 bits per heavy atom. The van der Waals surface area contributed by atoms with Crippen LogP contribution >= 0.6 is 23.4 Å². The second-order valence-electron chi connectivity index (χ2n) is 7.21. The summed E-state index contributed by atoms with van der Waals surface area (Å²) in [7, 11) is 0. The summed E-state index contributed by atoms with van der Waals surface area (Å²) >= 11 is 7.43. The molecule has 0 saturated carbocycles. The lowest BCUT2D eigenvalue weighted by Gasteiger charge is -2.43. The van der Waals surface area contributed by atoms with E-state index in [2.05, 4.69) is 5.32 Å². The first-order chi connectivity index (χ1) is 12.6. The fraction of sp³-hybridized carbons (Fsp3) is 0.500. The number of fused-ring (bicyclic) bond motifs is 1. The minimum Gasteiger partial charge on any atom is -0.489 e. The minimum atomic E-state index is -1.03. The maximum absolute atomic E-state index is 12.4. The van der Waals surface area contributed by atoms with Crippen molar-refractivity contribution in [3.05, 3.63) is 29.3 Å². The topological polar surface area (TPSA) is 95.9 Å². The van der Waals surface area contributed by atoms with Crippen LogP contribution in [0.25, 0.3) is 0 Å². The zero-order valence-corrected chi connectivity index (χ0v) is 16.7. The predicted octanol–water partition coefficient (Wildman–Crippen LogP) is 2.13. The van der Waals surface area contributed by atoms with Gasteiger partial charge in [0.1, 0.15) is 29.3 Å². The number of halogens is 1. The Hall–Kier alpha value is -1.93. The van der Waals surface area contributed by atoms with E-state index in [-0.39, 0.29) is 23.6 Å². The Balaban J connectivity index is 1.57.